The van der Waals surface area contributed by atoms with Gasteiger partial charge in [0.05, 0.1) is 12.0 Å². The van der Waals surface area contributed by atoms with Gasteiger partial charge in [0.15, 0.2) is 0 Å². The maximum absolute atomic E-state index is 12.6. The van der Waals surface area contributed by atoms with Gasteiger partial charge in [-0.3, -0.25) is 14.4 Å². The quantitative estimate of drug-likeness (QED) is 0.300. The van der Waals surface area contributed by atoms with Gasteiger partial charge in [-0.2, -0.15) is 0 Å². The van der Waals surface area contributed by atoms with Gasteiger partial charge >= 0.3 is 11.9 Å². The number of aliphatic hydroxyl groups excluding tert-OH is 1. The first-order valence-electron chi connectivity index (χ1n) is 17.0. The highest BCUT2D eigenvalue weighted by atomic mass is 16.6. The molecule has 4 aliphatic carbocycles. The van der Waals surface area contributed by atoms with E-state index in [0.717, 1.165) is 51.4 Å². The number of hydrogen-bond donors (Lipinski definition) is 2. The van der Waals surface area contributed by atoms with Crippen molar-refractivity contribution >= 4 is 17.8 Å². The van der Waals surface area contributed by atoms with Gasteiger partial charge < -0.3 is 19.9 Å². The lowest BCUT2D eigenvalue weighted by Crippen LogP contribution is -2.59. The maximum Gasteiger partial charge on any atom is 0.325 e. The SMILES string of the molecule is CCC(C)C(=O)OC1CC[C@@]2(C)C(CCC3C2CC(O)[C@]2(C)C(C(C)CCC(=O)NCC(=O)OC(C)(C)C)CCC32)C1. The van der Waals surface area contributed by atoms with Crippen LogP contribution in [0.25, 0.3) is 0 Å². The van der Waals surface area contributed by atoms with Crippen molar-refractivity contribution in [1.82, 2.24) is 5.32 Å². The lowest BCUT2D eigenvalue weighted by molar-refractivity contribution is -0.183. The summed E-state index contributed by atoms with van der Waals surface area (Å²) in [6, 6.07) is 0. The predicted octanol–water partition coefficient (Wildman–Crippen LogP) is 6.45. The highest BCUT2D eigenvalue weighted by Crippen LogP contribution is 2.68. The molecule has 0 spiro atoms. The van der Waals surface area contributed by atoms with E-state index in [-0.39, 0.29) is 47.4 Å². The third-order valence-electron chi connectivity index (χ3n) is 12.5. The molecular formula is C35H59NO6. The maximum atomic E-state index is 12.6. The van der Waals surface area contributed by atoms with Crippen molar-refractivity contribution in [1.29, 1.82) is 0 Å². The Morgan fingerprint density at radius 1 is 1.00 bits per heavy atom. The number of carbonyl (C=O) groups is 3. The van der Waals surface area contributed by atoms with Crippen molar-refractivity contribution in [3.63, 3.8) is 0 Å². The third-order valence-corrected chi connectivity index (χ3v) is 12.5. The molecule has 0 bridgehead atoms. The molecule has 7 heteroatoms. The van der Waals surface area contributed by atoms with E-state index in [4.69, 9.17) is 9.47 Å². The van der Waals surface area contributed by atoms with E-state index in [1.54, 1.807) is 0 Å². The van der Waals surface area contributed by atoms with Crippen LogP contribution in [0.1, 0.15) is 126 Å². The molecule has 0 aromatic rings. The molecule has 11 atom stereocenters. The Labute approximate surface area is 254 Å². The van der Waals surface area contributed by atoms with Crippen molar-refractivity contribution in [2.24, 2.45) is 52.3 Å². The van der Waals surface area contributed by atoms with Gasteiger partial charge in [0.2, 0.25) is 5.91 Å². The summed E-state index contributed by atoms with van der Waals surface area (Å²) in [6.45, 7) is 16.4. The summed E-state index contributed by atoms with van der Waals surface area (Å²) in [5, 5.41) is 14.6. The Hall–Kier alpha value is -1.63. The number of ether oxygens (including phenoxy) is 2. The second-order valence-electron chi connectivity index (χ2n) is 16.0. The van der Waals surface area contributed by atoms with Crippen LogP contribution in [0.2, 0.25) is 0 Å². The first-order chi connectivity index (χ1) is 19.6. The Bertz CT molecular complexity index is 990. The smallest absolute Gasteiger partial charge is 0.325 e. The van der Waals surface area contributed by atoms with E-state index in [1.807, 2.05) is 34.6 Å². The van der Waals surface area contributed by atoms with Gasteiger partial charge in [0.1, 0.15) is 18.2 Å². The Kier molecular flexibility index (Phi) is 10.1. The second-order valence-corrected chi connectivity index (χ2v) is 16.0. The number of aliphatic hydroxyl groups is 1. The molecule has 0 heterocycles. The molecule has 240 valence electrons. The monoisotopic (exact) mass is 589 g/mol. The summed E-state index contributed by atoms with van der Waals surface area (Å²) in [5.74, 6) is 2.30. The molecule has 0 aliphatic heterocycles. The highest BCUT2D eigenvalue weighted by Gasteiger charge is 2.63. The first-order valence-corrected chi connectivity index (χ1v) is 17.0. The van der Waals surface area contributed by atoms with Gasteiger partial charge in [-0.25, -0.2) is 0 Å². The molecule has 4 aliphatic rings. The molecule has 4 fully saturated rings. The minimum absolute atomic E-state index is 0.0375. The van der Waals surface area contributed by atoms with E-state index < -0.39 is 11.6 Å². The molecule has 42 heavy (non-hydrogen) atoms. The fourth-order valence-electron chi connectivity index (χ4n) is 9.89. The predicted molar refractivity (Wildman–Crippen MR) is 163 cm³/mol. The van der Waals surface area contributed by atoms with Gasteiger partial charge in [-0.05, 0) is 131 Å². The van der Waals surface area contributed by atoms with E-state index in [1.165, 1.54) is 12.8 Å². The van der Waals surface area contributed by atoms with Crippen molar-refractivity contribution in [2.45, 2.75) is 144 Å². The van der Waals surface area contributed by atoms with Crippen LogP contribution in [0, 0.1) is 52.3 Å². The van der Waals surface area contributed by atoms with Gasteiger partial charge in [-0.1, -0.05) is 34.6 Å². The number of nitrogens with one attached hydrogen (secondary N) is 1. The first kappa shape index (κ1) is 33.3. The molecular weight excluding hydrogens is 530 g/mol. The van der Waals surface area contributed by atoms with Crippen LogP contribution >= 0.6 is 0 Å². The zero-order valence-electron chi connectivity index (χ0n) is 27.7. The van der Waals surface area contributed by atoms with E-state index in [2.05, 4.69) is 26.1 Å². The molecule has 0 saturated heterocycles. The molecule has 2 N–H and O–H groups in total. The fraction of sp³-hybridized carbons (Fsp3) is 0.914. The van der Waals surface area contributed by atoms with E-state index in [9.17, 15) is 19.5 Å². The fourth-order valence-corrected chi connectivity index (χ4v) is 9.89. The normalized spacial score (nSPS) is 39.2. The van der Waals surface area contributed by atoms with Crippen LogP contribution in [0.15, 0.2) is 0 Å². The van der Waals surface area contributed by atoms with Crippen molar-refractivity contribution < 1.29 is 29.0 Å². The summed E-state index contributed by atoms with van der Waals surface area (Å²) >= 11 is 0. The number of hydrogen-bond acceptors (Lipinski definition) is 6. The summed E-state index contributed by atoms with van der Waals surface area (Å²) in [7, 11) is 0. The van der Waals surface area contributed by atoms with E-state index >= 15 is 0 Å². The van der Waals surface area contributed by atoms with Crippen molar-refractivity contribution in [3.05, 3.63) is 0 Å². The zero-order valence-corrected chi connectivity index (χ0v) is 27.7. The van der Waals surface area contributed by atoms with Gasteiger partial charge in [0.25, 0.3) is 0 Å². The molecule has 0 aromatic carbocycles. The van der Waals surface area contributed by atoms with Crippen LogP contribution in [0.4, 0.5) is 0 Å². The van der Waals surface area contributed by atoms with Crippen LogP contribution in [0.5, 0.6) is 0 Å². The van der Waals surface area contributed by atoms with Crippen LogP contribution in [-0.4, -0.2) is 47.3 Å². The summed E-state index contributed by atoms with van der Waals surface area (Å²) in [5.41, 5.74) is -0.497. The lowest BCUT2D eigenvalue weighted by Gasteiger charge is -2.62. The number of esters is 2. The number of amides is 1. The Morgan fingerprint density at radius 2 is 1.71 bits per heavy atom. The van der Waals surface area contributed by atoms with Crippen molar-refractivity contribution in [3.8, 4) is 0 Å². The minimum Gasteiger partial charge on any atom is -0.462 e. The molecule has 1 amide bonds. The molecule has 4 saturated carbocycles. The average molecular weight is 590 g/mol. The van der Waals surface area contributed by atoms with Crippen molar-refractivity contribution in [2.75, 3.05) is 6.54 Å². The lowest BCUT2D eigenvalue weighted by atomic mass is 9.43. The third kappa shape index (κ3) is 6.71. The van der Waals surface area contributed by atoms with Crippen LogP contribution in [-0.2, 0) is 23.9 Å². The second kappa shape index (κ2) is 12.8. The molecule has 0 radical (unpaired) electrons. The molecule has 7 nitrogen and oxygen atoms in total. The summed E-state index contributed by atoms with van der Waals surface area (Å²) < 4.78 is 11.3. The number of rotatable bonds is 9. The summed E-state index contributed by atoms with van der Waals surface area (Å²) in [6.07, 6.45) is 10.2. The van der Waals surface area contributed by atoms with Crippen LogP contribution in [0.3, 0.4) is 0 Å². The molecule has 9 unspecified atom stereocenters. The standard InChI is InChI=1S/C35H59NO6/c1-9-21(2)32(40)41-24-16-17-34(7)23(18-24)11-12-25-27-14-13-26(35(27,8)29(37)19-28(25)34)22(3)10-15-30(38)36-20-31(39)42-33(4,5)6/h21-29,37H,9-20H2,1-8H3,(H,36,38)/t21?,22?,23?,24?,25?,26?,27?,28?,29?,34-,35+/m0/s1. The average Bonchev–Trinajstić information content (AvgIpc) is 3.28. The number of carbonyl (C=O) groups excluding carboxylic acids is 3. The molecule has 0 aromatic heterocycles. The van der Waals surface area contributed by atoms with Gasteiger partial charge in [-0.15, -0.1) is 0 Å². The largest absolute Gasteiger partial charge is 0.462 e. The Morgan fingerprint density at radius 3 is 2.38 bits per heavy atom. The summed E-state index contributed by atoms with van der Waals surface area (Å²) in [4.78, 5) is 37.0. The topological polar surface area (TPSA) is 102 Å². The minimum atomic E-state index is -0.567. The van der Waals surface area contributed by atoms with E-state index in [0.29, 0.717) is 41.9 Å². The number of fused-ring (bicyclic) bond motifs is 5. The molecule has 4 rings (SSSR count). The van der Waals surface area contributed by atoms with Crippen LogP contribution < -0.4 is 5.32 Å². The van der Waals surface area contributed by atoms with Gasteiger partial charge in [0, 0.05) is 6.42 Å². The highest BCUT2D eigenvalue weighted by molar-refractivity contribution is 5.82. The zero-order chi connectivity index (χ0) is 31.0. The Balaban J connectivity index is 1.35.